The number of nitrogens with zero attached hydrogens (tertiary/aromatic N) is 2. The number of benzene rings is 1. The van der Waals surface area contributed by atoms with Gasteiger partial charge in [-0.2, -0.15) is 0 Å². The summed E-state index contributed by atoms with van der Waals surface area (Å²) in [5, 5.41) is 3.99. The normalized spacial score (nSPS) is 16.6. The molecule has 0 radical (unpaired) electrons. The number of rotatable bonds is 4. The van der Waals surface area contributed by atoms with Crippen LogP contribution in [0.3, 0.4) is 0 Å². The van der Waals surface area contributed by atoms with Crippen molar-refractivity contribution in [3.8, 4) is 5.75 Å². The molecule has 1 atom stereocenters. The Morgan fingerprint density at radius 1 is 1.33 bits per heavy atom. The summed E-state index contributed by atoms with van der Waals surface area (Å²) in [7, 11) is 0. The Kier molecular flexibility index (Phi) is 3.01. The average molecular weight is 261 g/mol. The van der Waals surface area contributed by atoms with E-state index < -0.39 is 0 Å². The Balaban J connectivity index is 1.77. The van der Waals surface area contributed by atoms with Crippen molar-refractivity contribution >= 4 is 11.5 Å². The molecule has 1 aliphatic rings. The zero-order valence-corrected chi connectivity index (χ0v) is 11.0. The van der Waals surface area contributed by atoms with E-state index in [0.717, 1.165) is 21.9 Å². The number of aryl methyl sites for hydroxylation is 1. The maximum absolute atomic E-state index is 6.21. The maximum atomic E-state index is 6.21. The van der Waals surface area contributed by atoms with Crippen LogP contribution in [0.25, 0.3) is 0 Å². The third kappa shape index (κ3) is 2.37. The predicted molar refractivity (Wildman–Crippen MR) is 70.8 cm³/mol. The van der Waals surface area contributed by atoms with Gasteiger partial charge in [0.05, 0.1) is 22.7 Å². The van der Waals surface area contributed by atoms with E-state index in [1.54, 1.807) is 0 Å². The number of nitrogens with two attached hydrogens (primary N) is 1. The highest BCUT2D eigenvalue weighted by Gasteiger charge is 2.23. The molecule has 0 amide bonds. The lowest BCUT2D eigenvalue weighted by Gasteiger charge is -2.11. The van der Waals surface area contributed by atoms with Gasteiger partial charge in [0, 0.05) is 0 Å². The van der Waals surface area contributed by atoms with Crippen LogP contribution in [-0.2, 0) is 0 Å². The van der Waals surface area contributed by atoms with E-state index in [1.165, 1.54) is 24.4 Å². The molecule has 2 N–H and O–H groups in total. The highest BCUT2D eigenvalue weighted by molar-refractivity contribution is 7.05. The van der Waals surface area contributed by atoms with Gasteiger partial charge < -0.3 is 10.5 Å². The first-order valence-electron chi connectivity index (χ1n) is 6.05. The van der Waals surface area contributed by atoms with Gasteiger partial charge in [0.2, 0.25) is 0 Å². The third-order valence-corrected chi connectivity index (χ3v) is 3.94. The zero-order valence-electron chi connectivity index (χ0n) is 10.2. The fourth-order valence-electron chi connectivity index (χ4n) is 1.81. The summed E-state index contributed by atoms with van der Waals surface area (Å²) < 4.78 is 9.63. The molecule has 0 aliphatic heterocycles. The van der Waals surface area contributed by atoms with Crippen LogP contribution in [0.15, 0.2) is 24.3 Å². The van der Waals surface area contributed by atoms with E-state index in [9.17, 15) is 0 Å². The highest BCUT2D eigenvalue weighted by Crippen LogP contribution is 2.29. The molecule has 1 aromatic carbocycles. The molecule has 0 spiro atoms. The first kappa shape index (κ1) is 11.6. The molecule has 0 saturated heterocycles. The molecule has 1 saturated carbocycles. The van der Waals surface area contributed by atoms with E-state index in [-0.39, 0.29) is 6.04 Å². The fourth-order valence-corrected chi connectivity index (χ4v) is 2.48. The van der Waals surface area contributed by atoms with Crippen LogP contribution in [0.5, 0.6) is 5.75 Å². The molecule has 94 valence electrons. The molecular formula is C13H15N3OS. The van der Waals surface area contributed by atoms with Crippen LogP contribution in [0.4, 0.5) is 0 Å². The minimum atomic E-state index is -0.153. The summed E-state index contributed by atoms with van der Waals surface area (Å²) in [6.45, 7) is 1.93. The van der Waals surface area contributed by atoms with E-state index >= 15 is 0 Å². The van der Waals surface area contributed by atoms with Crippen LogP contribution in [-0.4, -0.2) is 15.7 Å². The molecule has 1 aliphatic carbocycles. The van der Waals surface area contributed by atoms with Crippen molar-refractivity contribution in [2.45, 2.75) is 31.9 Å². The van der Waals surface area contributed by atoms with Gasteiger partial charge in [-0.3, -0.25) is 0 Å². The quantitative estimate of drug-likeness (QED) is 0.918. The summed E-state index contributed by atoms with van der Waals surface area (Å²) in [5.74, 6) is 0.924. The molecular weight excluding hydrogens is 246 g/mol. The molecule has 4 nitrogen and oxygen atoms in total. The maximum Gasteiger partial charge on any atom is 0.119 e. The van der Waals surface area contributed by atoms with Crippen molar-refractivity contribution < 1.29 is 4.74 Å². The molecule has 5 heteroatoms. The summed E-state index contributed by atoms with van der Waals surface area (Å²) >= 11 is 1.36. The molecule has 1 unspecified atom stereocenters. The van der Waals surface area contributed by atoms with Crippen LogP contribution < -0.4 is 10.5 Å². The smallest absolute Gasteiger partial charge is 0.119 e. The van der Waals surface area contributed by atoms with Crippen molar-refractivity contribution in [2.75, 3.05) is 0 Å². The van der Waals surface area contributed by atoms with E-state index in [4.69, 9.17) is 10.5 Å². The monoisotopic (exact) mass is 261 g/mol. The molecule has 0 bridgehead atoms. The van der Waals surface area contributed by atoms with E-state index in [0.29, 0.717) is 6.10 Å². The van der Waals surface area contributed by atoms with Gasteiger partial charge in [0.15, 0.2) is 0 Å². The summed E-state index contributed by atoms with van der Waals surface area (Å²) in [6, 6.07) is 7.84. The van der Waals surface area contributed by atoms with Crippen LogP contribution in [0, 0.1) is 6.92 Å². The van der Waals surface area contributed by atoms with Gasteiger partial charge in [0.25, 0.3) is 0 Å². The summed E-state index contributed by atoms with van der Waals surface area (Å²) in [6.07, 6.45) is 2.78. The van der Waals surface area contributed by atoms with Gasteiger partial charge in [-0.25, -0.2) is 0 Å². The van der Waals surface area contributed by atoms with Gasteiger partial charge >= 0.3 is 0 Å². The Bertz CT molecular complexity index is 533. The first-order valence-corrected chi connectivity index (χ1v) is 6.82. The van der Waals surface area contributed by atoms with Crippen molar-refractivity contribution in [2.24, 2.45) is 5.73 Å². The molecule has 2 aromatic rings. The van der Waals surface area contributed by atoms with Crippen molar-refractivity contribution in [3.05, 3.63) is 40.4 Å². The number of hydrogen-bond donors (Lipinski definition) is 1. The Hall–Kier alpha value is -1.46. The second kappa shape index (κ2) is 4.66. The largest absolute Gasteiger partial charge is 0.490 e. The van der Waals surface area contributed by atoms with Crippen molar-refractivity contribution in [1.82, 2.24) is 9.59 Å². The Morgan fingerprint density at radius 3 is 2.61 bits per heavy atom. The average Bonchev–Trinajstić information content (AvgIpc) is 3.09. The molecule has 18 heavy (non-hydrogen) atoms. The van der Waals surface area contributed by atoms with Crippen LogP contribution in [0.1, 0.15) is 35.0 Å². The van der Waals surface area contributed by atoms with Crippen molar-refractivity contribution in [3.63, 3.8) is 0 Å². The van der Waals surface area contributed by atoms with Crippen molar-refractivity contribution in [1.29, 1.82) is 0 Å². The molecule has 1 aromatic heterocycles. The summed E-state index contributed by atoms with van der Waals surface area (Å²) in [4.78, 5) is 1.02. The second-order valence-corrected chi connectivity index (χ2v) is 5.37. The fraction of sp³-hybridized carbons (Fsp3) is 0.385. The van der Waals surface area contributed by atoms with Gasteiger partial charge in [-0.05, 0) is 49.0 Å². The number of aromatic nitrogens is 2. The number of hydrogen-bond acceptors (Lipinski definition) is 5. The lowest BCUT2D eigenvalue weighted by atomic mass is 10.1. The SMILES string of the molecule is Cc1nnsc1C(N)c1ccc(OC2CC2)cc1. The lowest BCUT2D eigenvalue weighted by Crippen LogP contribution is -2.11. The van der Waals surface area contributed by atoms with Gasteiger partial charge in [-0.15, -0.1) is 5.10 Å². The predicted octanol–water partition coefficient (Wildman–Crippen LogP) is 2.44. The molecule has 1 heterocycles. The van der Waals surface area contributed by atoms with Gasteiger partial charge in [0.1, 0.15) is 5.75 Å². The van der Waals surface area contributed by atoms with E-state index in [1.807, 2.05) is 31.2 Å². The minimum Gasteiger partial charge on any atom is -0.490 e. The molecule has 3 rings (SSSR count). The Morgan fingerprint density at radius 2 is 2.06 bits per heavy atom. The zero-order chi connectivity index (χ0) is 12.5. The molecule has 1 fully saturated rings. The third-order valence-electron chi connectivity index (χ3n) is 3.04. The van der Waals surface area contributed by atoms with E-state index in [2.05, 4.69) is 9.59 Å². The minimum absolute atomic E-state index is 0.153. The number of ether oxygens (including phenoxy) is 1. The highest BCUT2D eigenvalue weighted by atomic mass is 32.1. The van der Waals surface area contributed by atoms with Crippen LogP contribution in [0.2, 0.25) is 0 Å². The second-order valence-electron chi connectivity index (χ2n) is 4.59. The lowest BCUT2D eigenvalue weighted by molar-refractivity contribution is 0.303. The van der Waals surface area contributed by atoms with Crippen LogP contribution >= 0.6 is 11.5 Å². The topological polar surface area (TPSA) is 61.0 Å². The van der Waals surface area contributed by atoms with Gasteiger partial charge in [-0.1, -0.05) is 16.6 Å². The standard InChI is InChI=1S/C13H15N3OS/c1-8-13(18-16-15-8)12(14)9-2-4-10(5-3-9)17-11-6-7-11/h2-5,11-12H,6-7,14H2,1H3. The summed E-state index contributed by atoms with van der Waals surface area (Å²) in [5.41, 5.74) is 8.19. The first-order chi connectivity index (χ1) is 8.74. The Labute approximate surface area is 110 Å².